The van der Waals surface area contributed by atoms with Gasteiger partial charge in [-0.15, -0.1) is 0 Å². The summed E-state index contributed by atoms with van der Waals surface area (Å²) in [5.41, 5.74) is 0.866. The lowest BCUT2D eigenvalue weighted by molar-refractivity contribution is 0.146. The van der Waals surface area contributed by atoms with E-state index in [1.54, 1.807) is 20.0 Å². The van der Waals surface area contributed by atoms with Crippen molar-refractivity contribution in [2.75, 3.05) is 51.3 Å². The molecule has 2 rings (SSSR count). The first-order chi connectivity index (χ1) is 13.9. The van der Waals surface area contributed by atoms with Crippen LogP contribution in [0.15, 0.2) is 29.3 Å². The molecule has 1 atom stereocenters. The lowest BCUT2D eigenvalue weighted by Crippen LogP contribution is -2.54. The minimum atomic E-state index is -0.383. The maximum atomic E-state index is 11.8. The van der Waals surface area contributed by atoms with Gasteiger partial charge in [-0.05, 0) is 31.4 Å². The van der Waals surface area contributed by atoms with Crippen LogP contribution in [0.4, 0.5) is 10.5 Å². The molecule has 29 heavy (non-hydrogen) atoms. The maximum Gasteiger partial charge on any atom is 0.407 e. The normalized spacial score (nSPS) is 16.0. The van der Waals surface area contributed by atoms with Crippen LogP contribution in [0.1, 0.15) is 27.2 Å². The van der Waals surface area contributed by atoms with Gasteiger partial charge in [0.15, 0.2) is 5.96 Å². The van der Waals surface area contributed by atoms with Gasteiger partial charge >= 0.3 is 6.09 Å². The first kappa shape index (κ1) is 22.6. The minimum Gasteiger partial charge on any atom is -0.506 e. The van der Waals surface area contributed by atoms with E-state index in [9.17, 15) is 9.90 Å². The SMILES string of the molecule is CCOC(=O)NC(CNC(=NC)N1CCN(c2ccccc2O)CC1)CC(C)C. The van der Waals surface area contributed by atoms with Crippen LogP contribution in [0.2, 0.25) is 0 Å². The average Bonchev–Trinajstić information content (AvgIpc) is 2.69. The fourth-order valence-corrected chi connectivity index (χ4v) is 3.54. The minimum absolute atomic E-state index is 0.0339. The molecule has 0 saturated carbocycles. The fraction of sp³-hybridized carbons (Fsp3) is 0.619. The average molecular weight is 406 g/mol. The van der Waals surface area contributed by atoms with E-state index in [2.05, 4.69) is 39.3 Å². The number of ether oxygens (including phenoxy) is 1. The number of aromatic hydroxyl groups is 1. The molecule has 1 aromatic carbocycles. The number of nitrogens with zero attached hydrogens (tertiary/aromatic N) is 3. The van der Waals surface area contributed by atoms with Gasteiger partial charge in [-0.25, -0.2) is 4.79 Å². The van der Waals surface area contributed by atoms with Crippen molar-refractivity contribution in [1.82, 2.24) is 15.5 Å². The quantitative estimate of drug-likeness (QED) is 0.476. The first-order valence-corrected chi connectivity index (χ1v) is 10.4. The summed E-state index contributed by atoms with van der Waals surface area (Å²) in [5, 5.41) is 16.4. The Kier molecular flexibility index (Phi) is 8.89. The van der Waals surface area contributed by atoms with E-state index < -0.39 is 0 Å². The molecule has 162 valence electrons. The third-order valence-electron chi connectivity index (χ3n) is 4.87. The van der Waals surface area contributed by atoms with Gasteiger partial charge in [-0.1, -0.05) is 26.0 Å². The number of rotatable bonds is 7. The lowest BCUT2D eigenvalue weighted by atomic mass is 10.0. The van der Waals surface area contributed by atoms with Crippen molar-refractivity contribution in [1.29, 1.82) is 0 Å². The van der Waals surface area contributed by atoms with Crippen LogP contribution in [-0.4, -0.2) is 74.5 Å². The van der Waals surface area contributed by atoms with Crippen molar-refractivity contribution >= 4 is 17.7 Å². The van der Waals surface area contributed by atoms with Gasteiger partial charge in [0.05, 0.1) is 12.3 Å². The Hall–Kier alpha value is -2.64. The molecule has 1 aliphatic heterocycles. The van der Waals surface area contributed by atoms with Gasteiger partial charge in [0.2, 0.25) is 0 Å². The Balaban J connectivity index is 1.89. The Morgan fingerprint density at radius 3 is 2.52 bits per heavy atom. The third kappa shape index (κ3) is 7.03. The number of phenols is 1. The Bertz CT molecular complexity index is 672. The van der Waals surface area contributed by atoms with Gasteiger partial charge < -0.3 is 30.3 Å². The van der Waals surface area contributed by atoms with Crippen molar-refractivity contribution in [2.45, 2.75) is 33.2 Å². The summed E-state index contributed by atoms with van der Waals surface area (Å²) >= 11 is 0. The first-order valence-electron chi connectivity index (χ1n) is 10.4. The van der Waals surface area contributed by atoms with Crippen molar-refractivity contribution < 1.29 is 14.6 Å². The smallest absolute Gasteiger partial charge is 0.407 e. The van der Waals surface area contributed by atoms with E-state index >= 15 is 0 Å². The summed E-state index contributed by atoms with van der Waals surface area (Å²) < 4.78 is 5.02. The fourth-order valence-electron chi connectivity index (χ4n) is 3.54. The van der Waals surface area contributed by atoms with Crippen molar-refractivity contribution in [3.8, 4) is 5.75 Å². The summed E-state index contributed by atoms with van der Waals surface area (Å²) in [4.78, 5) is 20.6. The molecular weight excluding hydrogens is 370 g/mol. The molecule has 1 saturated heterocycles. The largest absolute Gasteiger partial charge is 0.506 e. The molecular formula is C21H35N5O3. The van der Waals surface area contributed by atoms with Gasteiger partial charge in [-0.2, -0.15) is 0 Å². The molecule has 1 fully saturated rings. The Morgan fingerprint density at radius 2 is 1.93 bits per heavy atom. The third-order valence-corrected chi connectivity index (χ3v) is 4.87. The number of anilines is 1. The highest BCUT2D eigenvalue weighted by molar-refractivity contribution is 5.80. The molecule has 1 aliphatic rings. The number of nitrogens with one attached hydrogen (secondary N) is 2. The molecule has 0 aromatic heterocycles. The predicted molar refractivity (Wildman–Crippen MR) is 117 cm³/mol. The number of hydrogen-bond donors (Lipinski definition) is 3. The summed E-state index contributed by atoms with van der Waals surface area (Å²) in [6.07, 6.45) is 0.468. The van der Waals surface area contributed by atoms with E-state index in [0.717, 1.165) is 44.2 Å². The van der Waals surface area contributed by atoms with E-state index in [1.807, 2.05) is 18.2 Å². The summed E-state index contributed by atoms with van der Waals surface area (Å²) in [6.45, 7) is 10.2. The Labute approximate surface area is 173 Å². The molecule has 1 amide bonds. The van der Waals surface area contributed by atoms with E-state index in [4.69, 9.17) is 4.74 Å². The van der Waals surface area contributed by atoms with Crippen LogP contribution < -0.4 is 15.5 Å². The number of carbonyl (C=O) groups is 1. The number of hydrogen-bond acceptors (Lipinski definition) is 5. The van der Waals surface area contributed by atoms with Gasteiger partial charge in [0, 0.05) is 45.8 Å². The second-order valence-electron chi connectivity index (χ2n) is 7.58. The maximum absolute atomic E-state index is 11.8. The van der Waals surface area contributed by atoms with Crippen LogP contribution >= 0.6 is 0 Å². The monoisotopic (exact) mass is 405 g/mol. The zero-order valence-electron chi connectivity index (χ0n) is 18.0. The van der Waals surface area contributed by atoms with Crippen molar-refractivity contribution in [3.05, 3.63) is 24.3 Å². The number of alkyl carbamates (subject to hydrolysis) is 1. The van der Waals surface area contributed by atoms with Crippen LogP contribution in [0, 0.1) is 5.92 Å². The number of guanidine groups is 1. The molecule has 1 aromatic rings. The highest BCUT2D eigenvalue weighted by atomic mass is 16.5. The highest BCUT2D eigenvalue weighted by Crippen LogP contribution is 2.27. The highest BCUT2D eigenvalue weighted by Gasteiger charge is 2.22. The van der Waals surface area contributed by atoms with Gasteiger partial charge in [0.25, 0.3) is 0 Å². The molecule has 8 heteroatoms. The zero-order valence-corrected chi connectivity index (χ0v) is 18.0. The number of amides is 1. The predicted octanol–water partition coefficient (Wildman–Crippen LogP) is 2.25. The second-order valence-corrected chi connectivity index (χ2v) is 7.58. The number of aliphatic imine (C=N–C) groups is 1. The van der Waals surface area contributed by atoms with E-state index in [-0.39, 0.29) is 12.1 Å². The molecule has 1 heterocycles. The number of carbonyl (C=O) groups excluding carboxylic acids is 1. The number of phenolic OH excluding ortho intramolecular Hbond substituents is 1. The van der Waals surface area contributed by atoms with Crippen LogP contribution in [-0.2, 0) is 4.74 Å². The van der Waals surface area contributed by atoms with Crippen LogP contribution in [0.5, 0.6) is 5.75 Å². The molecule has 0 spiro atoms. The topological polar surface area (TPSA) is 89.4 Å². The standard InChI is InChI=1S/C21H35N5O3/c1-5-29-21(28)24-17(14-16(2)3)15-23-20(22-4)26-12-10-25(11-13-26)18-8-6-7-9-19(18)27/h6-9,16-17,27H,5,10-15H2,1-4H3,(H,22,23)(H,24,28). The van der Waals surface area contributed by atoms with E-state index in [1.165, 1.54) is 0 Å². The molecule has 8 nitrogen and oxygen atoms in total. The van der Waals surface area contributed by atoms with Crippen molar-refractivity contribution in [3.63, 3.8) is 0 Å². The zero-order chi connectivity index (χ0) is 21.2. The molecule has 1 unspecified atom stereocenters. The second kappa shape index (κ2) is 11.4. The van der Waals surface area contributed by atoms with E-state index in [0.29, 0.717) is 24.8 Å². The van der Waals surface area contributed by atoms with Crippen molar-refractivity contribution in [2.24, 2.45) is 10.9 Å². The van der Waals surface area contributed by atoms with Gasteiger partial charge in [0.1, 0.15) is 5.75 Å². The summed E-state index contributed by atoms with van der Waals surface area (Å²) in [5.74, 6) is 1.58. The van der Waals surface area contributed by atoms with Crippen LogP contribution in [0.3, 0.4) is 0 Å². The molecule has 3 N–H and O–H groups in total. The summed E-state index contributed by atoms with van der Waals surface area (Å²) in [6, 6.07) is 7.39. The number of piperazine rings is 1. The number of para-hydroxylation sites is 2. The number of benzene rings is 1. The summed E-state index contributed by atoms with van der Waals surface area (Å²) in [7, 11) is 1.77. The van der Waals surface area contributed by atoms with Crippen LogP contribution in [0.25, 0.3) is 0 Å². The van der Waals surface area contributed by atoms with Gasteiger partial charge in [-0.3, -0.25) is 4.99 Å². The molecule has 0 bridgehead atoms. The molecule has 0 aliphatic carbocycles. The molecule has 0 radical (unpaired) electrons. The Morgan fingerprint density at radius 1 is 1.24 bits per heavy atom. The lowest BCUT2D eigenvalue weighted by Gasteiger charge is -2.38.